The summed E-state index contributed by atoms with van der Waals surface area (Å²) in [6.07, 6.45) is 0. The fraction of sp³-hybridized carbons (Fsp3) is 0.0769. The van der Waals surface area contributed by atoms with E-state index in [0.717, 1.165) is 32.9 Å². The summed E-state index contributed by atoms with van der Waals surface area (Å²) in [4.78, 5) is 0. The monoisotopic (exact) mass is 398 g/mol. The Labute approximate surface area is 175 Å². The molecule has 0 heterocycles. The van der Waals surface area contributed by atoms with Gasteiger partial charge in [0.1, 0.15) is 11.5 Å². The lowest BCUT2D eigenvalue weighted by molar-refractivity contribution is 0.410. The number of rotatable bonds is 4. The standard InChI is InChI=1S/C26H19ClO2/c1-28-23-12-13-24(29-2)20-15-22-21(14-19(20)23)26(22)25(16-6-4-3-5-7-16)17-8-10-18(27)11-9-17/h3-15H,1-2H3. The highest BCUT2D eigenvalue weighted by molar-refractivity contribution is 6.30. The number of hydrogen-bond donors (Lipinski definition) is 0. The third-order valence-corrected chi connectivity index (χ3v) is 5.69. The average molecular weight is 399 g/mol. The molecule has 0 aromatic heterocycles. The second kappa shape index (κ2) is 6.98. The topological polar surface area (TPSA) is 18.5 Å². The summed E-state index contributed by atoms with van der Waals surface area (Å²) in [7, 11) is 3.40. The minimum Gasteiger partial charge on any atom is -0.496 e. The van der Waals surface area contributed by atoms with E-state index < -0.39 is 0 Å². The van der Waals surface area contributed by atoms with Crippen molar-refractivity contribution < 1.29 is 9.47 Å². The summed E-state index contributed by atoms with van der Waals surface area (Å²) in [5, 5.41) is 2.85. The highest BCUT2D eigenvalue weighted by Gasteiger charge is 2.31. The average Bonchev–Trinajstić information content (AvgIpc) is 3.46. The van der Waals surface area contributed by atoms with Crippen LogP contribution in [0, 0.1) is 0 Å². The molecule has 0 fully saturated rings. The lowest BCUT2D eigenvalue weighted by Gasteiger charge is -2.08. The van der Waals surface area contributed by atoms with Crippen molar-refractivity contribution in [2.24, 2.45) is 0 Å². The lowest BCUT2D eigenvalue weighted by Crippen LogP contribution is -1.88. The molecule has 0 amide bonds. The van der Waals surface area contributed by atoms with Gasteiger partial charge in [-0.25, -0.2) is 0 Å². The van der Waals surface area contributed by atoms with Gasteiger partial charge in [0.05, 0.1) is 14.2 Å². The van der Waals surface area contributed by atoms with Crippen molar-refractivity contribution in [3.63, 3.8) is 0 Å². The molecule has 1 aliphatic carbocycles. The van der Waals surface area contributed by atoms with Gasteiger partial charge in [0.15, 0.2) is 0 Å². The molecule has 4 aromatic rings. The lowest BCUT2D eigenvalue weighted by atomic mass is 9.96. The molecule has 0 atom stereocenters. The summed E-state index contributed by atoms with van der Waals surface area (Å²) in [5.41, 5.74) is 7.30. The van der Waals surface area contributed by atoms with E-state index in [1.54, 1.807) is 14.2 Å². The molecule has 5 rings (SSSR count). The quantitative estimate of drug-likeness (QED) is 0.330. The summed E-state index contributed by atoms with van der Waals surface area (Å²) < 4.78 is 11.2. The van der Waals surface area contributed by atoms with Gasteiger partial charge < -0.3 is 9.47 Å². The zero-order chi connectivity index (χ0) is 20.0. The van der Waals surface area contributed by atoms with Gasteiger partial charge in [0.2, 0.25) is 0 Å². The molecule has 0 N–H and O–H groups in total. The largest absolute Gasteiger partial charge is 0.496 e. The highest BCUT2D eigenvalue weighted by Crippen LogP contribution is 2.52. The third kappa shape index (κ3) is 2.97. The SMILES string of the molecule is COc1ccc(OC)c2cc3c(cc12)C3=C(c1ccccc1)c1ccc(Cl)cc1. The Hall–Kier alpha value is -3.23. The molecule has 3 heteroatoms. The van der Waals surface area contributed by atoms with Crippen molar-refractivity contribution in [1.82, 2.24) is 0 Å². The normalized spacial score (nSPS) is 11.9. The van der Waals surface area contributed by atoms with E-state index in [1.165, 1.54) is 27.8 Å². The molecule has 29 heavy (non-hydrogen) atoms. The van der Waals surface area contributed by atoms with Gasteiger partial charge in [-0.05, 0) is 69.8 Å². The first-order valence-electron chi connectivity index (χ1n) is 9.46. The van der Waals surface area contributed by atoms with E-state index >= 15 is 0 Å². The van der Waals surface area contributed by atoms with Crippen molar-refractivity contribution in [2.75, 3.05) is 14.2 Å². The van der Waals surface area contributed by atoms with Gasteiger partial charge in [-0.15, -0.1) is 0 Å². The molecule has 0 spiro atoms. The van der Waals surface area contributed by atoms with Crippen LogP contribution in [-0.2, 0) is 0 Å². The van der Waals surface area contributed by atoms with E-state index in [0.29, 0.717) is 0 Å². The van der Waals surface area contributed by atoms with Crippen LogP contribution in [0.4, 0.5) is 0 Å². The summed E-state index contributed by atoms with van der Waals surface area (Å²) in [6.45, 7) is 0. The van der Waals surface area contributed by atoms with Crippen molar-refractivity contribution in [1.29, 1.82) is 0 Å². The highest BCUT2D eigenvalue weighted by atomic mass is 35.5. The van der Waals surface area contributed by atoms with Crippen molar-refractivity contribution in [3.8, 4) is 11.5 Å². The van der Waals surface area contributed by atoms with Gasteiger partial charge in [-0.2, -0.15) is 0 Å². The minimum atomic E-state index is 0.736. The van der Waals surface area contributed by atoms with E-state index in [9.17, 15) is 0 Å². The minimum absolute atomic E-state index is 0.736. The van der Waals surface area contributed by atoms with E-state index in [2.05, 4.69) is 48.5 Å². The van der Waals surface area contributed by atoms with Crippen molar-refractivity contribution in [2.45, 2.75) is 0 Å². The maximum absolute atomic E-state index is 6.14. The molecule has 0 radical (unpaired) electrons. The first-order chi connectivity index (χ1) is 14.2. The smallest absolute Gasteiger partial charge is 0.126 e. The van der Waals surface area contributed by atoms with Gasteiger partial charge in [-0.3, -0.25) is 0 Å². The summed E-state index contributed by atoms with van der Waals surface area (Å²) in [6, 6.07) is 26.8. The van der Waals surface area contributed by atoms with Crippen molar-refractivity contribution in [3.05, 3.63) is 106 Å². The fourth-order valence-electron chi connectivity index (χ4n) is 4.00. The van der Waals surface area contributed by atoms with E-state index in [4.69, 9.17) is 21.1 Å². The van der Waals surface area contributed by atoms with Crippen LogP contribution in [0.15, 0.2) is 78.9 Å². The number of hydrogen-bond acceptors (Lipinski definition) is 2. The van der Waals surface area contributed by atoms with Crippen molar-refractivity contribution >= 4 is 33.5 Å². The Morgan fingerprint density at radius 1 is 0.655 bits per heavy atom. The number of fused-ring (bicyclic) bond motifs is 2. The summed E-state index contributed by atoms with van der Waals surface area (Å²) >= 11 is 6.14. The number of methoxy groups -OCH3 is 2. The zero-order valence-corrected chi connectivity index (χ0v) is 17.0. The van der Waals surface area contributed by atoms with Gasteiger partial charge in [0, 0.05) is 15.8 Å². The van der Waals surface area contributed by atoms with Crippen LogP contribution in [0.3, 0.4) is 0 Å². The second-order valence-electron chi connectivity index (χ2n) is 7.04. The summed E-state index contributed by atoms with van der Waals surface area (Å²) in [5.74, 6) is 1.70. The van der Waals surface area contributed by atoms with Crippen LogP contribution in [0.5, 0.6) is 11.5 Å². The molecular formula is C26H19ClO2. The first-order valence-corrected chi connectivity index (χ1v) is 9.84. The zero-order valence-electron chi connectivity index (χ0n) is 16.2. The van der Waals surface area contributed by atoms with Crippen LogP contribution >= 0.6 is 11.6 Å². The fourth-order valence-corrected chi connectivity index (χ4v) is 4.13. The predicted molar refractivity (Wildman–Crippen MR) is 120 cm³/mol. The molecule has 1 aliphatic rings. The molecule has 2 nitrogen and oxygen atoms in total. The van der Waals surface area contributed by atoms with E-state index in [1.807, 2.05) is 30.3 Å². The Bertz CT molecular complexity index is 1200. The molecule has 0 saturated carbocycles. The molecule has 0 aliphatic heterocycles. The molecule has 4 aromatic carbocycles. The van der Waals surface area contributed by atoms with Crippen LogP contribution in [0.1, 0.15) is 22.3 Å². The van der Waals surface area contributed by atoms with Gasteiger partial charge in [0.25, 0.3) is 0 Å². The second-order valence-corrected chi connectivity index (χ2v) is 7.47. The van der Waals surface area contributed by atoms with E-state index in [-0.39, 0.29) is 0 Å². The Morgan fingerprint density at radius 2 is 1.17 bits per heavy atom. The Kier molecular flexibility index (Phi) is 4.30. The molecule has 0 unspecified atom stereocenters. The number of benzene rings is 4. The Balaban J connectivity index is 1.77. The number of ether oxygens (including phenoxy) is 2. The molecule has 0 saturated heterocycles. The van der Waals surface area contributed by atoms with Crippen LogP contribution < -0.4 is 9.47 Å². The number of halogens is 1. The maximum Gasteiger partial charge on any atom is 0.126 e. The molecular weight excluding hydrogens is 380 g/mol. The third-order valence-electron chi connectivity index (χ3n) is 5.44. The molecule has 0 bridgehead atoms. The Morgan fingerprint density at radius 3 is 1.69 bits per heavy atom. The maximum atomic E-state index is 6.14. The van der Waals surface area contributed by atoms with Crippen LogP contribution in [0.25, 0.3) is 21.9 Å². The first kappa shape index (κ1) is 17.8. The molecule has 142 valence electrons. The van der Waals surface area contributed by atoms with Crippen LogP contribution in [0.2, 0.25) is 5.02 Å². The van der Waals surface area contributed by atoms with Gasteiger partial charge >= 0.3 is 0 Å². The predicted octanol–water partition coefficient (Wildman–Crippen LogP) is 6.83. The van der Waals surface area contributed by atoms with Crippen LogP contribution in [-0.4, -0.2) is 14.2 Å². The van der Waals surface area contributed by atoms with Gasteiger partial charge in [-0.1, -0.05) is 54.1 Å².